The molecule has 1 fully saturated rings. The van der Waals surface area contributed by atoms with Crippen molar-refractivity contribution >= 4 is 27.3 Å². The van der Waals surface area contributed by atoms with E-state index < -0.39 is 16.1 Å². The quantitative estimate of drug-likeness (QED) is 0.617. The summed E-state index contributed by atoms with van der Waals surface area (Å²) in [6, 6.07) is 14.8. The molecular formula is C23H31N3O5S. The molecule has 1 N–H and O–H groups in total. The molecule has 9 heteroatoms. The minimum absolute atomic E-state index is 0.193. The zero-order valence-electron chi connectivity index (χ0n) is 18.8. The Hall–Kier alpha value is -2.78. The topological polar surface area (TPSA) is 88.2 Å². The number of rotatable bonds is 9. The third-order valence-electron chi connectivity index (χ3n) is 5.42. The van der Waals surface area contributed by atoms with Crippen LogP contribution in [-0.2, 0) is 26.1 Å². The first kappa shape index (κ1) is 23.9. The van der Waals surface area contributed by atoms with Crippen LogP contribution in [0, 0.1) is 0 Å². The minimum atomic E-state index is -3.33. The van der Waals surface area contributed by atoms with Crippen LogP contribution in [0.3, 0.4) is 0 Å². The van der Waals surface area contributed by atoms with Crippen molar-refractivity contribution in [1.82, 2.24) is 5.32 Å². The fraction of sp³-hybridized carbons (Fsp3) is 0.435. The first-order valence-corrected chi connectivity index (χ1v) is 12.5. The normalized spacial score (nSPS) is 15.2. The number of morpholine rings is 1. The van der Waals surface area contributed by atoms with Gasteiger partial charge in [-0.1, -0.05) is 19.1 Å². The molecule has 3 rings (SSSR count). The molecule has 1 saturated heterocycles. The third-order valence-corrected chi connectivity index (χ3v) is 6.62. The van der Waals surface area contributed by atoms with Crippen molar-refractivity contribution in [3.05, 3.63) is 54.1 Å². The number of benzene rings is 2. The highest BCUT2D eigenvalue weighted by Crippen LogP contribution is 2.22. The highest BCUT2D eigenvalue weighted by molar-refractivity contribution is 7.92. The smallest absolute Gasteiger partial charge is 0.261 e. The van der Waals surface area contributed by atoms with E-state index in [0.29, 0.717) is 24.4 Å². The summed E-state index contributed by atoms with van der Waals surface area (Å²) in [4.78, 5) is 14.9. The van der Waals surface area contributed by atoms with Gasteiger partial charge in [0.05, 0.1) is 25.2 Å². The van der Waals surface area contributed by atoms with Crippen LogP contribution in [0.4, 0.5) is 11.4 Å². The van der Waals surface area contributed by atoms with Gasteiger partial charge < -0.3 is 19.7 Å². The fourth-order valence-corrected chi connectivity index (χ4v) is 3.87. The molecule has 1 aliphatic heterocycles. The Morgan fingerprint density at radius 3 is 2.31 bits per heavy atom. The highest BCUT2D eigenvalue weighted by atomic mass is 32.2. The van der Waals surface area contributed by atoms with Crippen LogP contribution < -0.4 is 19.3 Å². The van der Waals surface area contributed by atoms with Crippen LogP contribution in [0.2, 0.25) is 0 Å². The van der Waals surface area contributed by atoms with Crippen LogP contribution in [0.1, 0.15) is 18.9 Å². The van der Waals surface area contributed by atoms with Crippen LogP contribution >= 0.6 is 0 Å². The molecule has 32 heavy (non-hydrogen) atoms. The van der Waals surface area contributed by atoms with Crippen molar-refractivity contribution in [2.75, 3.05) is 48.8 Å². The molecule has 0 saturated carbocycles. The Morgan fingerprint density at radius 2 is 1.75 bits per heavy atom. The number of hydrogen-bond donors (Lipinski definition) is 1. The van der Waals surface area contributed by atoms with Crippen molar-refractivity contribution in [3.63, 3.8) is 0 Å². The van der Waals surface area contributed by atoms with E-state index >= 15 is 0 Å². The number of nitrogens with one attached hydrogen (secondary N) is 1. The lowest BCUT2D eigenvalue weighted by atomic mass is 10.1. The summed E-state index contributed by atoms with van der Waals surface area (Å²) in [5, 5.41) is 2.93. The van der Waals surface area contributed by atoms with E-state index in [2.05, 4.69) is 22.3 Å². The second-order valence-electron chi connectivity index (χ2n) is 7.72. The Balaban J connectivity index is 1.53. The first-order chi connectivity index (χ1) is 15.3. The summed E-state index contributed by atoms with van der Waals surface area (Å²) in [5.41, 5.74) is 2.69. The summed E-state index contributed by atoms with van der Waals surface area (Å²) >= 11 is 0. The molecule has 2 aromatic rings. The average molecular weight is 462 g/mol. The third kappa shape index (κ3) is 6.37. The van der Waals surface area contributed by atoms with Crippen molar-refractivity contribution in [2.24, 2.45) is 0 Å². The molecule has 2 aromatic carbocycles. The zero-order valence-corrected chi connectivity index (χ0v) is 19.6. The predicted molar refractivity (Wildman–Crippen MR) is 126 cm³/mol. The maximum absolute atomic E-state index is 12.6. The largest absolute Gasteiger partial charge is 0.481 e. The van der Waals surface area contributed by atoms with Gasteiger partial charge >= 0.3 is 0 Å². The van der Waals surface area contributed by atoms with E-state index in [0.717, 1.165) is 43.8 Å². The number of hydrogen-bond acceptors (Lipinski definition) is 6. The summed E-state index contributed by atoms with van der Waals surface area (Å²) in [6.45, 7) is 5.56. The Kier molecular flexibility index (Phi) is 7.98. The number of amides is 1. The summed E-state index contributed by atoms with van der Waals surface area (Å²) in [7, 11) is -1.85. The van der Waals surface area contributed by atoms with Crippen molar-refractivity contribution < 1.29 is 22.7 Å². The highest BCUT2D eigenvalue weighted by Gasteiger charge is 2.19. The molecule has 0 spiro atoms. The molecule has 1 heterocycles. The number of sulfonamides is 1. The van der Waals surface area contributed by atoms with Gasteiger partial charge in [-0.15, -0.1) is 0 Å². The molecule has 0 aromatic heterocycles. The summed E-state index contributed by atoms with van der Waals surface area (Å²) in [6.07, 6.45) is 1.01. The van der Waals surface area contributed by atoms with Crippen LogP contribution in [0.5, 0.6) is 5.75 Å². The van der Waals surface area contributed by atoms with Crippen LogP contribution in [-0.4, -0.2) is 60.0 Å². The molecule has 0 radical (unpaired) electrons. The Labute approximate surface area is 190 Å². The van der Waals surface area contributed by atoms with Gasteiger partial charge in [-0.05, 0) is 48.4 Å². The molecule has 1 aliphatic rings. The molecular weight excluding hydrogens is 430 g/mol. The maximum Gasteiger partial charge on any atom is 0.261 e. The van der Waals surface area contributed by atoms with E-state index in [4.69, 9.17) is 9.47 Å². The molecule has 1 atom stereocenters. The van der Waals surface area contributed by atoms with E-state index in [1.165, 1.54) is 11.4 Å². The first-order valence-electron chi connectivity index (χ1n) is 10.7. The zero-order chi connectivity index (χ0) is 23.1. The SMILES string of the molecule is CC[C@H](Oc1ccc(N(C)S(C)(=O)=O)cc1)C(=O)NCc1ccc(N2CCOCC2)cc1. The number of nitrogens with zero attached hydrogens (tertiary/aromatic N) is 2. The van der Waals surface area contributed by atoms with Crippen LogP contribution in [0.25, 0.3) is 0 Å². The lowest BCUT2D eigenvalue weighted by Crippen LogP contribution is -2.37. The van der Waals surface area contributed by atoms with Gasteiger partial charge in [0.15, 0.2) is 6.10 Å². The molecule has 0 unspecified atom stereocenters. The van der Waals surface area contributed by atoms with E-state index in [1.807, 2.05) is 19.1 Å². The Morgan fingerprint density at radius 1 is 1.12 bits per heavy atom. The molecule has 0 bridgehead atoms. The van der Waals surface area contributed by atoms with Crippen molar-refractivity contribution in [1.29, 1.82) is 0 Å². The summed E-state index contributed by atoms with van der Waals surface area (Å²) < 4.78 is 35.7. The van der Waals surface area contributed by atoms with Crippen LogP contribution in [0.15, 0.2) is 48.5 Å². The van der Waals surface area contributed by atoms with Gasteiger partial charge in [-0.2, -0.15) is 0 Å². The summed E-state index contributed by atoms with van der Waals surface area (Å²) in [5.74, 6) is 0.314. The number of carbonyl (C=O) groups excluding carboxylic acids is 1. The lowest BCUT2D eigenvalue weighted by Gasteiger charge is -2.29. The van der Waals surface area contributed by atoms with Gasteiger partial charge in [0, 0.05) is 32.4 Å². The van der Waals surface area contributed by atoms with Gasteiger partial charge in [0.2, 0.25) is 10.0 Å². The molecule has 0 aliphatic carbocycles. The fourth-order valence-electron chi connectivity index (χ4n) is 3.36. The van der Waals surface area contributed by atoms with Gasteiger partial charge in [-0.25, -0.2) is 8.42 Å². The van der Waals surface area contributed by atoms with Crippen molar-refractivity contribution in [3.8, 4) is 5.75 Å². The van der Waals surface area contributed by atoms with Gasteiger partial charge in [0.1, 0.15) is 5.75 Å². The lowest BCUT2D eigenvalue weighted by molar-refractivity contribution is -0.128. The second kappa shape index (κ2) is 10.7. The minimum Gasteiger partial charge on any atom is -0.481 e. The molecule has 1 amide bonds. The average Bonchev–Trinajstić information content (AvgIpc) is 2.81. The van der Waals surface area contributed by atoms with Gasteiger partial charge in [0.25, 0.3) is 5.91 Å². The number of carbonyl (C=O) groups is 1. The number of ether oxygens (including phenoxy) is 2. The van der Waals surface area contributed by atoms with E-state index in [9.17, 15) is 13.2 Å². The number of anilines is 2. The molecule has 8 nitrogen and oxygen atoms in total. The van der Waals surface area contributed by atoms with Gasteiger partial charge in [-0.3, -0.25) is 9.10 Å². The van der Waals surface area contributed by atoms with E-state index in [1.54, 1.807) is 24.3 Å². The second-order valence-corrected chi connectivity index (χ2v) is 9.74. The molecule has 174 valence electrons. The maximum atomic E-state index is 12.6. The standard InChI is InChI=1S/C23H31N3O5S/c1-4-22(31-21-11-9-19(10-12-21)25(2)32(3,28)29)23(27)24-17-18-5-7-20(8-6-18)26-13-15-30-16-14-26/h5-12,22H,4,13-17H2,1-3H3,(H,24,27)/t22-/m0/s1. The van der Waals surface area contributed by atoms with E-state index in [-0.39, 0.29) is 5.91 Å². The predicted octanol–water partition coefficient (Wildman–Crippen LogP) is 2.39. The van der Waals surface area contributed by atoms with Crippen molar-refractivity contribution in [2.45, 2.75) is 26.0 Å². The Bertz CT molecular complexity index is 987. The monoisotopic (exact) mass is 461 g/mol.